The summed E-state index contributed by atoms with van der Waals surface area (Å²) in [7, 11) is 0. The second-order valence-corrected chi connectivity index (χ2v) is 6.61. The number of ether oxygens (including phenoxy) is 1. The second-order valence-electron chi connectivity index (χ2n) is 6.61. The van der Waals surface area contributed by atoms with Crippen LogP contribution in [0.25, 0.3) is 0 Å². The zero-order valence-corrected chi connectivity index (χ0v) is 13.4. The Labute approximate surface area is 129 Å². The van der Waals surface area contributed by atoms with Gasteiger partial charge in [-0.1, -0.05) is 13.3 Å². The van der Waals surface area contributed by atoms with Gasteiger partial charge in [0.2, 0.25) is 0 Å². The molecule has 0 bridgehead atoms. The SMILES string of the molecule is CCNC1CCCCc2cn(CCCC3CCCO3)cc21. The van der Waals surface area contributed by atoms with Gasteiger partial charge < -0.3 is 14.6 Å². The maximum atomic E-state index is 5.72. The van der Waals surface area contributed by atoms with Gasteiger partial charge in [0.15, 0.2) is 0 Å². The van der Waals surface area contributed by atoms with Gasteiger partial charge in [0, 0.05) is 31.6 Å². The van der Waals surface area contributed by atoms with Crippen LogP contribution in [0.4, 0.5) is 0 Å². The fourth-order valence-corrected chi connectivity index (χ4v) is 3.88. The van der Waals surface area contributed by atoms with Crippen molar-refractivity contribution in [3.8, 4) is 0 Å². The molecule has 2 unspecified atom stereocenters. The topological polar surface area (TPSA) is 26.2 Å². The number of fused-ring (bicyclic) bond motifs is 1. The van der Waals surface area contributed by atoms with E-state index in [1.54, 1.807) is 11.1 Å². The van der Waals surface area contributed by atoms with Crippen molar-refractivity contribution in [3.05, 3.63) is 23.5 Å². The van der Waals surface area contributed by atoms with Crippen LogP contribution in [0.3, 0.4) is 0 Å². The van der Waals surface area contributed by atoms with E-state index in [-0.39, 0.29) is 0 Å². The lowest BCUT2D eigenvalue weighted by atomic mass is 10.0. The number of aryl methyl sites for hydroxylation is 2. The molecule has 0 saturated carbocycles. The molecule has 0 radical (unpaired) electrons. The zero-order valence-electron chi connectivity index (χ0n) is 13.4. The standard InChI is InChI=1S/C18H30N2O/c1-2-19-18-10-4-3-7-15-13-20(14-17(15)18)11-5-8-16-9-6-12-21-16/h13-14,16,18-19H,2-12H2,1H3. The van der Waals surface area contributed by atoms with E-state index >= 15 is 0 Å². The highest BCUT2D eigenvalue weighted by Crippen LogP contribution is 2.29. The van der Waals surface area contributed by atoms with Crippen molar-refractivity contribution in [3.63, 3.8) is 0 Å². The number of aromatic nitrogens is 1. The highest BCUT2D eigenvalue weighted by Gasteiger charge is 2.20. The number of nitrogens with zero attached hydrogens (tertiary/aromatic N) is 1. The van der Waals surface area contributed by atoms with Crippen molar-refractivity contribution in [1.82, 2.24) is 9.88 Å². The maximum absolute atomic E-state index is 5.72. The van der Waals surface area contributed by atoms with Crippen molar-refractivity contribution in [2.45, 2.75) is 77.0 Å². The number of hydrogen-bond acceptors (Lipinski definition) is 2. The van der Waals surface area contributed by atoms with Crippen LogP contribution < -0.4 is 5.32 Å². The lowest BCUT2D eigenvalue weighted by molar-refractivity contribution is 0.101. The summed E-state index contributed by atoms with van der Waals surface area (Å²) in [5.41, 5.74) is 3.14. The fraction of sp³-hybridized carbons (Fsp3) is 0.778. The van der Waals surface area contributed by atoms with Gasteiger partial charge in [0.05, 0.1) is 6.10 Å². The molecule has 1 aliphatic carbocycles. The molecule has 1 aliphatic heterocycles. The summed E-state index contributed by atoms with van der Waals surface area (Å²) in [5.74, 6) is 0. The Morgan fingerprint density at radius 1 is 1.24 bits per heavy atom. The van der Waals surface area contributed by atoms with Crippen LogP contribution in [-0.2, 0) is 17.7 Å². The quantitative estimate of drug-likeness (QED) is 0.806. The first-order chi connectivity index (χ1) is 10.4. The molecule has 0 aromatic carbocycles. The molecule has 0 spiro atoms. The minimum atomic E-state index is 0.535. The molecule has 118 valence electrons. The predicted molar refractivity (Wildman–Crippen MR) is 86.6 cm³/mol. The highest BCUT2D eigenvalue weighted by atomic mass is 16.5. The fourth-order valence-electron chi connectivity index (χ4n) is 3.88. The molecule has 1 aromatic heterocycles. The summed E-state index contributed by atoms with van der Waals surface area (Å²) < 4.78 is 8.14. The Hall–Kier alpha value is -0.800. The van der Waals surface area contributed by atoms with E-state index in [1.165, 1.54) is 51.4 Å². The molecule has 21 heavy (non-hydrogen) atoms. The van der Waals surface area contributed by atoms with Gasteiger partial charge >= 0.3 is 0 Å². The Bertz CT molecular complexity index is 434. The normalized spacial score (nSPS) is 25.8. The molecule has 3 nitrogen and oxygen atoms in total. The number of hydrogen-bond donors (Lipinski definition) is 1. The first-order valence-corrected chi connectivity index (χ1v) is 8.90. The van der Waals surface area contributed by atoms with Crippen molar-refractivity contribution in [2.75, 3.05) is 13.2 Å². The third-order valence-electron chi connectivity index (χ3n) is 4.98. The molecule has 2 aliphatic rings. The Morgan fingerprint density at radius 3 is 3.00 bits per heavy atom. The predicted octanol–water partition coefficient (Wildman–Crippen LogP) is 3.82. The third kappa shape index (κ3) is 3.89. The lowest BCUT2D eigenvalue weighted by Gasteiger charge is -2.15. The van der Waals surface area contributed by atoms with Crippen molar-refractivity contribution < 1.29 is 4.74 Å². The Kier molecular flexibility index (Phi) is 5.37. The van der Waals surface area contributed by atoms with E-state index in [0.717, 1.165) is 19.7 Å². The minimum Gasteiger partial charge on any atom is -0.378 e. The lowest BCUT2D eigenvalue weighted by Crippen LogP contribution is -2.20. The van der Waals surface area contributed by atoms with Crippen LogP contribution >= 0.6 is 0 Å². The first-order valence-electron chi connectivity index (χ1n) is 8.90. The van der Waals surface area contributed by atoms with Gasteiger partial charge in [0.25, 0.3) is 0 Å². The van der Waals surface area contributed by atoms with Gasteiger partial charge in [-0.05, 0) is 62.6 Å². The Balaban J connectivity index is 1.57. The van der Waals surface area contributed by atoms with Gasteiger partial charge in [0.1, 0.15) is 0 Å². The number of nitrogens with one attached hydrogen (secondary N) is 1. The van der Waals surface area contributed by atoms with Crippen LogP contribution in [0.2, 0.25) is 0 Å². The molecule has 3 rings (SSSR count). The molecule has 1 aromatic rings. The van der Waals surface area contributed by atoms with Gasteiger partial charge in [-0.3, -0.25) is 0 Å². The molecule has 2 atom stereocenters. The van der Waals surface area contributed by atoms with Gasteiger partial charge in [-0.15, -0.1) is 0 Å². The van der Waals surface area contributed by atoms with E-state index in [1.807, 2.05) is 0 Å². The van der Waals surface area contributed by atoms with Gasteiger partial charge in [-0.2, -0.15) is 0 Å². The minimum absolute atomic E-state index is 0.535. The summed E-state index contributed by atoms with van der Waals surface area (Å²) in [4.78, 5) is 0. The molecule has 1 fully saturated rings. The van der Waals surface area contributed by atoms with Gasteiger partial charge in [-0.25, -0.2) is 0 Å². The summed E-state index contributed by atoms with van der Waals surface area (Å²) in [6, 6.07) is 0.576. The van der Waals surface area contributed by atoms with Crippen molar-refractivity contribution >= 4 is 0 Å². The van der Waals surface area contributed by atoms with E-state index in [9.17, 15) is 0 Å². The van der Waals surface area contributed by atoms with E-state index in [0.29, 0.717) is 12.1 Å². The Morgan fingerprint density at radius 2 is 2.19 bits per heavy atom. The van der Waals surface area contributed by atoms with E-state index < -0.39 is 0 Å². The molecular weight excluding hydrogens is 260 g/mol. The smallest absolute Gasteiger partial charge is 0.0576 e. The van der Waals surface area contributed by atoms with Crippen LogP contribution in [0.5, 0.6) is 0 Å². The molecule has 1 N–H and O–H groups in total. The molecule has 1 saturated heterocycles. The number of rotatable bonds is 6. The molecule has 3 heteroatoms. The monoisotopic (exact) mass is 290 g/mol. The average Bonchev–Trinajstić information content (AvgIpc) is 3.09. The summed E-state index contributed by atoms with van der Waals surface area (Å²) in [6.07, 6.45) is 15.6. The summed E-state index contributed by atoms with van der Waals surface area (Å²) >= 11 is 0. The molecule has 2 heterocycles. The first kappa shape index (κ1) is 15.1. The average molecular weight is 290 g/mol. The maximum Gasteiger partial charge on any atom is 0.0576 e. The van der Waals surface area contributed by atoms with E-state index in [2.05, 4.69) is 29.2 Å². The van der Waals surface area contributed by atoms with E-state index in [4.69, 9.17) is 4.74 Å². The van der Waals surface area contributed by atoms with Crippen molar-refractivity contribution in [2.24, 2.45) is 0 Å². The van der Waals surface area contributed by atoms with Crippen molar-refractivity contribution in [1.29, 1.82) is 0 Å². The molecular formula is C18H30N2O. The summed E-state index contributed by atoms with van der Waals surface area (Å²) in [5, 5.41) is 3.66. The summed E-state index contributed by atoms with van der Waals surface area (Å²) in [6.45, 7) is 5.40. The van der Waals surface area contributed by atoms with Crippen LogP contribution in [-0.4, -0.2) is 23.8 Å². The largest absolute Gasteiger partial charge is 0.378 e. The van der Waals surface area contributed by atoms with Crippen LogP contribution in [0.15, 0.2) is 12.4 Å². The highest BCUT2D eigenvalue weighted by molar-refractivity contribution is 5.29. The zero-order chi connectivity index (χ0) is 14.5. The second kappa shape index (κ2) is 7.46. The van der Waals surface area contributed by atoms with Crippen LogP contribution in [0.1, 0.15) is 69.0 Å². The molecule has 0 amide bonds. The van der Waals surface area contributed by atoms with Crippen LogP contribution in [0, 0.1) is 0 Å². The third-order valence-corrected chi connectivity index (χ3v) is 4.98.